The summed E-state index contributed by atoms with van der Waals surface area (Å²) < 4.78 is 17.7. The van der Waals surface area contributed by atoms with E-state index < -0.39 is 0 Å². The molecular weight excluding hydrogens is 211 g/mol. The van der Waals surface area contributed by atoms with Crippen LogP contribution in [0.1, 0.15) is 5.56 Å². The molecule has 0 bridgehead atoms. The summed E-state index contributed by atoms with van der Waals surface area (Å²) in [5.74, 6) is 0.329. The molecule has 4 nitrogen and oxygen atoms in total. The molecule has 80 valence electrons. The van der Waals surface area contributed by atoms with Crippen LogP contribution in [0.15, 0.2) is 33.8 Å². The van der Waals surface area contributed by atoms with Crippen LogP contribution in [0, 0.1) is 12.7 Å². The topological polar surface area (TPSA) is 55.5 Å². The van der Waals surface area contributed by atoms with E-state index in [-0.39, 0.29) is 11.6 Å². The highest BCUT2D eigenvalue weighted by atomic mass is 19.1. The highest BCUT2D eigenvalue weighted by molar-refractivity contribution is 5.66. The summed E-state index contributed by atoms with van der Waals surface area (Å²) in [5.41, 5.74) is 1.30. The molecule has 0 N–H and O–H groups in total. The number of aliphatic imine (C=N–C) groups is 1. The normalized spacial score (nSPS) is 9.88. The molecule has 0 unspecified atom stereocenters. The van der Waals surface area contributed by atoms with Crippen LogP contribution in [0.5, 0.6) is 0 Å². The maximum absolute atomic E-state index is 12.7. The molecule has 0 aliphatic carbocycles. The summed E-state index contributed by atoms with van der Waals surface area (Å²) in [6.45, 7) is 1.71. The average molecular weight is 218 g/mol. The molecule has 0 atom stereocenters. The van der Waals surface area contributed by atoms with E-state index in [0.717, 1.165) is 0 Å². The number of hydrogen-bond acceptors (Lipinski definition) is 4. The van der Waals surface area contributed by atoms with Crippen LogP contribution >= 0.6 is 0 Å². The SMILES string of the molecule is Cc1c(N=C=O)noc1-c1ccc(F)cc1. The molecule has 2 aromatic rings. The molecule has 1 aromatic carbocycles. The highest BCUT2D eigenvalue weighted by Gasteiger charge is 2.13. The second kappa shape index (κ2) is 4.08. The first-order valence-corrected chi connectivity index (χ1v) is 4.52. The zero-order valence-electron chi connectivity index (χ0n) is 8.40. The Morgan fingerprint density at radius 1 is 1.38 bits per heavy atom. The van der Waals surface area contributed by atoms with Crippen molar-refractivity contribution in [2.24, 2.45) is 4.99 Å². The largest absolute Gasteiger partial charge is 0.354 e. The standard InChI is InChI=1S/C11H7FN2O2/c1-7-10(16-14-11(7)13-6-15)8-2-4-9(12)5-3-8/h2-5H,1H3. The smallest absolute Gasteiger partial charge is 0.242 e. The van der Waals surface area contributed by atoms with Crippen LogP contribution in [-0.4, -0.2) is 11.2 Å². The second-order valence-electron chi connectivity index (χ2n) is 3.17. The van der Waals surface area contributed by atoms with Gasteiger partial charge in [0.2, 0.25) is 11.9 Å². The van der Waals surface area contributed by atoms with Gasteiger partial charge in [0.1, 0.15) is 5.82 Å². The summed E-state index contributed by atoms with van der Waals surface area (Å²) in [6.07, 6.45) is 1.39. The highest BCUT2D eigenvalue weighted by Crippen LogP contribution is 2.29. The number of aromatic nitrogens is 1. The van der Waals surface area contributed by atoms with Crippen molar-refractivity contribution in [3.8, 4) is 11.3 Å². The molecule has 0 saturated heterocycles. The lowest BCUT2D eigenvalue weighted by Crippen LogP contribution is -1.78. The predicted molar refractivity (Wildman–Crippen MR) is 54.4 cm³/mol. The van der Waals surface area contributed by atoms with Gasteiger partial charge in [0.05, 0.1) is 0 Å². The van der Waals surface area contributed by atoms with Gasteiger partial charge in [-0.15, -0.1) is 4.99 Å². The Morgan fingerprint density at radius 3 is 2.69 bits per heavy atom. The molecule has 2 rings (SSSR count). The van der Waals surface area contributed by atoms with Crippen LogP contribution in [0.2, 0.25) is 0 Å². The fourth-order valence-corrected chi connectivity index (χ4v) is 1.35. The number of rotatable bonds is 2. The lowest BCUT2D eigenvalue weighted by atomic mass is 10.1. The Hall–Kier alpha value is -2.26. The van der Waals surface area contributed by atoms with Gasteiger partial charge in [-0.1, -0.05) is 5.16 Å². The van der Waals surface area contributed by atoms with Gasteiger partial charge < -0.3 is 4.52 Å². The van der Waals surface area contributed by atoms with Crippen LogP contribution < -0.4 is 0 Å². The van der Waals surface area contributed by atoms with Gasteiger partial charge >= 0.3 is 0 Å². The van der Waals surface area contributed by atoms with E-state index in [1.54, 1.807) is 19.1 Å². The van der Waals surface area contributed by atoms with Crippen LogP contribution in [0.3, 0.4) is 0 Å². The van der Waals surface area contributed by atoms with Gasteiger partial charge in [-0.25, -0.2) is 9.18 Å². The number of benzene rings is 1. The Bertz CT molecular complexity index is 554. The Morgan fingerprint density at radius 2 is 2.06 bits per heavy atom. The Kier molecular flexibility index (Phi) is 2.62. The van der Waals surface area contributed by atoms with E-state index in [9.17, 15) is 9.18 Å². The maximum Gasteiger partial charge on any atom is 0.242 e. The van der Waals surface area contributed by atoms with E-state index in [1.807, 2.05) is 0 Å². The summed E-state index contributed by atoms with van der Waals surface area (Å²) in [4.78, 5) is 13.5. The monoisotopic (exact) mass is 218 g/mol. The first kappa shape index (κ1) is 10.3. The number of isocyanates is 1. The molecule has 0 aliphatic heterocycles. The van der Waals surface area contributed by atoms with Crippen LogP contribution in [0.4, 0.5) is 10.2 Å². The van der Waals surface area contributed by atoms with Crippen molar-refractivity contribution in [3.05, 3.63) is 35.6 Å². The van der Waals surface area contributed by atoms with Crippen LogP contribution in [-0.2, 0) is 4.79 Å². The van der Waals surface area contributed by atoms with Gasteiger partial charge in [0.25, 0.3) is 0 Å². The molecule has 0 fully saturated rings. The molecule has 0 aliphatic rings. The average Bonchev–Trinajstić information content (AvgIpc) is 2.63. The fraction of sp³-hybridized carbons (Fsp3) is 0.0909. The van der Waals surface area contributed by atoms with E-state index in [2.05, 4.69) is 10.1 Å². The Balaban J connectivity index is 2.48. The quantitative estimate of drug-likeness (QED) is 0.575. The lowest BCUT2D eigenvalue weighted by Gasteiger charge is -1.96. The van der Waals surface area contributed by atoms with Gasteiger partial charge in [-0.3, -0.25) is 0 Å². The van der Waals surface area contributed by atoms with E-state index in [0.29, 0.717) is 16.9 Å². The third kappa shape index (κ3) is 1.76. The summed E-state index contributed by atoms with van der Waals surface area (Å²) in [7, 11) is 0. The molecule has 0 amide bonds. The molecule has 0 spiro atoms. The summed E-state index contributed by atoms with van der Waals surface area (Å²) in [5, 5.41) is 3.61. The first-order valence-electron chi connectivity index (χ1n) is 4.52. The molecule has 16 heavy (non-hydrogen) atoms. The van der Waals surface area contributed by atoms with Crippen molar-refractivity contribution in [1.29, 1.82) is 0 Å². The van der Waals surface area contributed by atoms with Crippen molar-refractivity contribution < 1.29 is 13.7 Å². The van der Waals surface area contributed by atoms with Gasteiger partial charge in [0.15, 0.2) is 5.76 Å². The molecule has 0 saturated carbocycles. The minimum absolute atomic E-state index is 0.189. The number of halogens is 1. The molecule has 5 heteroatoms. The minimum atomic E-state index is -0.327. The fourth-order valence-electron chi connectivity index (χ4n) is 1.35. The minimum Gasteiger partial charge on any atom is -0.354 e. The van der Waals surface area contributed by atoms with Crippen molar-refractivity contribution >= 4 is 11.9 Å². The molecular formula is C11H7FN2O2. The van der Waals surface area contributed by atoms with Gasteiger partial charge in [-0.05, 0) is 31.2 Å². The summed E-state index contributed by atoms with van der Waals surface area (Å²) >= 11 is 0. The first-order chi connectivity index (χ1) is 7.72. The lowest BCUT2D eigenvalue weighted by molar-refractivity contribution is 0.433. The summed E-state index contributed by atoms with van der Waals surface area (Å²) in [6, 6.07) is 5.77. The van der Waals surface area contributed by atoms with Gasteiger partial charge in [-0.2, -0.15) is 0 Å². The third-order valence-electron chi connectivity index (χ3n) is 2.16. The van der Waals surface area contributed by atoms with Gasteiger partial charge in [0, 0.05) is 11.1 Å². The molecule has 1 aromatic heterocycles. The third-order valence-corrected chi connectivity index (χ3v) is 2.16. The zero-order valence-corrected chi connectivity index (χ0v) is 8.40. The molecule has 1 heterocycles. The van der Waals surface area contributed by atoms with Crippen LogP contribution in [0.25, 0.3) is 11.3 Å². The van der Waals surface area contributed by atoms with Crippen molar-refractivity contribution in [2.75, 3.05) is 0 Å². The van der Waals surface area contributed by atoms with E-state index in [4.69, 9.17) is 4.52 Å². The van der Waals surface area contributed by atoms with Crippen molar-refractivity contribution in [1.82, 2.24) is 5.16 Å². The maximum atomic E-state index is 12.7. The Labute approximate surface area is 90.4 Å². The second-order valence-corrected chi connectivity index (χ2v) is 3.17. The number of hydrogen-bond donors (Lipinski definition) is 0. The van der Waals surface area contributed by atoms with Crippen molar-refractivity contribution in [2.45, 2.75) is 6.92 Å². The predicted octanol–water partition coefficient (Wildman–Crippen LogP) is 2.76. The van der Waals surface area contributed by atoms with E-state index in [1.165, 1.54) is 18.2 Å². The van der Waals surface area contributed by atoms with Crippen molar-refractivity contribution in [3.63, 3.8) is 0 Å². The number of nitrogens with zero attached hydrogens (tertiary/aromatic N) is 2. The number of carbonyl (C=O) groups excluding carboxylic acids is 1. The van der Waals surface area contributed by atoms with E-state index >= 15 is 0 Å². The zero-order chi connectivity index (χ0) is 11.5. The molecule has 0 radical (unpaired) electrons.